The van der Waals surface area contributed by atoms with Gasteiger partial charge < -0.3 is 9.26 Å². The van der Waals surface area contributed by atoms with Crippen LogP contribution in [0.1, 0.15) is 17.0 Å². The van der Waals surface area contributed by atoms with Crippen molar-refractivity contribution in [3.8, 4) is 11.4 Å². The molecule has 2 heterocycles. The Morgan fingerprint density at radius 3 is 2.50 bits per heavy atom. The fourth-order valence-electron chi connectivity index (χ4n) is 2.42. The standard InChI is InChI=1S/C16H17N3O4S/c1-11-15(12(2)23-18-11)10-24(20,21)16-17-8-9-19(16)13-4-6-14(22-3)7-5-13/h4-9H,10H2,1-3H3. The first-order valence-corrected chi connectivity index (χ1v) is 8.90. The van der Waals surface area contributed by atoms with Crippen LogP contribution in [0.2, 0.25) is 0 Å². The van der Waals surface area contributed by atoms with E-state index < -0.39 is 9.84 Å². The molecule has 0 aliphatic carbocycles. The van der Waals surface area contributed by atoms with E-state index in [0.717, 1.165) is 0 Å². The van der Waals surface area contributed by atoms with Crippen molar-refractivity contribution in [1.82, 2.24) is 14.7 Å². The molecule has 3 rings (SSSR count). The molecule has 0 fully saturated rings. The summed E-state index contributed by atoms with van der Waals surface area (Å²) in [6.45, 7) is 3.41. The molecular weight excluding hydrogens is 330 g/mol. The number of methoxy groups -OCH3 is 1. The van der Waals surface area contributed by atoms with E-state index in [1.165, 1.54) is 10.8 Å². The molecule has 2 aromatic heterocycles. The zero-order valence-corrected chi connectivity index (χ0v) is 14.4. The van der Waals surface area contributed by atoms with Gasteiger partial charge in [-0.1, -0.05) is 5.16 Å². The van der Waals surface area contributed by atoms with Gasteiger partial charge in [0.2, 0.25) is 15.0 Å². The molecule has 0 aliphatic rings. The molecule has 24 heavy (non-hydrogen) atoms. The van der Waals surface area contributed by atoms with E-state index in [1.807, 2.05) is 0 Å². The SMILES string of the molecule is COc1ccc(-n2ccnc2S(=O)(=O)Cc2c(C)noc2C)cc1. The quantitative estimate of drug-likeness (QED) is 0.704. The Labute approximate surface area is 139 Å². The molecule has 0 saturated heterocycles. The number of imidazole rings is 1. The highest BCUT2D eigenvalue weighted by Gasteiger charge is 2.25. The van der Waals surface area contributed by atoms with Crippen LogP contribution >= 0.6 is 0 Å². The lowest BCUT2D eigenvalue weighted by Crippen LogP contribution is -2.12. The van der Waals surface area contributed by atoms with Crippen LogP contribution in [0.5, 0.6) is 5.75 Å². The molecule has 0 atom stereocenters. The maximum Gasteiger partial charge on any atom is 0.232 e. The van der Waals surface area contributed by atoms with Crippen LogP contribution in [0.3, 0.4) is 0 Å². The van der Waals surface area contributed by atoms with Crippen LogP contribution in [0.25, 0.3) is 5.69 Å². The molecule has 1 aromatic carbocycles. The average molecular weight is 347 g/mol. The van der Waals surface area contributed by atoms with Gasteiger partial charge in [-0.2, -0.15) is 0 Å². The molecule has 0 aliphatic heterocycles. The molecule has 0 amide bonds. The third kappa shape index (κ3) is 2.92. The van der Waals surface area contributed by atoms with Gasteiger partial charge in [0.05, 0.1) is 18.6 Å². The summed E-state index contributed by atoms with van der Waals surface area (Å²) in [5.41, 5.74) is 1.82. The Hall–Kier alpha value is -2.61. The predicted octanol–water partition coefficient (Wildman–Crippen LogP) is 2.46. The van der Waals surface area contributed by atoms with E-state index >= 15 is 0 Å². The maximum absolute atomic E-state index is 12.8. The van der Waals surface area contributed by atoms with Crippen molar-refractivity contribution in [2.45, 2.75) is 24.8 Å². The number of hydrogen-bond acceptors (Lipinski definition) is 6. The Morgan fingerprint density at radius 2 is 1.92 bits per heavy atom. The molecule has 7 nitrogen and oxygen atoms in total. The van der Waals surface area contributed by atoms with Crippen LogP contribution in [-0.4, -0.2) is 30.2 Å². The highest BCUT2D eigenvalue weighted by atomic mass is 32.2. The second-order valence-electron chi connectivity index (χ2n) is 5.34. The lowest BCUT2D eigenvalue weighted by Gasteiger charge is -2.09. The lowest BCUT2D eigenvalue weighted by atomic mass is 10.2. The van der Waals surface area contributed by atoms with E-state index in [-0.39, 0.29) is 10.9 Å². The van der Waals surface area contributed by atoms with Gasteiger partial charge in [-0.25, -0.2) is 13.4 Å². The van der Waals surface area contributed by atoms with Crippen molar-refractivity contribution in [3.05, 3.63) is 53.7 Å². The summed E-state index contributed by atoms with van der Waals surface area (Å²) in [6.07, 6.45) is 3.08. The first-order valence-electron chi connectivity index (χ1n) is 7.24. The molecule has 126 valence electrons. The Balaban J connectivity index is 1.99. The highest BCUT2D eigenvalue weighted by molar-refractivity contribution is 7.90. The Bertz CT molecular complexity index is 936. The van der Waals surface area contributed by atoms with Crippen molar-refractivity contribution in [1.29, 1.82) is 0 Å². The number of sulfone groups is 1. The van der Waals surface area contributed by atoms with E-state index in [9.17, 15) is 8.42 Å². The molecule has 0 N–H and O–H groups in total. The predicted molar refractivity (Wildman–Crippen MR) is 87.0 cm³/mol. The molecule has 0 radical (unpaired) electrons. The number of aryl methyl sites for hydroxylation is 2. The van der Waals surface area contributed by atoms with Gasteiger partial charge in [-0.15, -0.1) is 0 Å². The van der Waals surface area contributed by atoms with E-state index in [1.54, 1.807) is 51.4 Å². The number of rotatable bonds is 5. The van der Waals surface area contributed by atoms with Gasteiger partial charge >= 0.3 is 0 Å². The minimum atomic E-state index is -3.66. The number of benzene rings is 1. The van der Waals surface area contributed by atoms with Gasteiger partial charge in [0.1, 0.15) is 11.5 Å². The minimum Gasteiger partial charge on any atom is -0.497 e. The summed E-state index contributed by atoms with van der Waals surface area (Å²) < 4.78 is 37.3. The zero-order valence-electron chi connectivity index (χ0n) is 13.6. The molecule has 8 heteroatoms. The van der Waals surface area contributed by atoms with E-state index in [0.29, 0.717) is 28.5 Å². The third-order valence-corrected chi connectivity index (χ3v) is 5.28. The van der Waals surface area contributed by atoms with Crippen molar-refractivity contribution in [2.75, 3.05) is 7.11 Å². The Kier molecular flexibility index (Phi) is 4.15. The second kappa shape index (κ2) is 6.12. The normalized spacial score (nSPS) is 11.6. The number of hydrogen-bond donors (Lipinski definition) is 0. The molecular formula is C16H17N3O4S. The van der Waals surface area contributed by atoms with Crippen molar-refractivity contribution >= 4 is 9.84 Å². The number of aromatic nitrogens is 3. The van der Waals surface area contributed by atoms with Gasteiger partial charge in [-0.3, -0.25) is 4.57 Å². The largest absolute Gasteiger partial charge is 0.497 e. The van der Waals surface area contributed by atoms with Gasteiger partial charge in [0, 0.05) is 23.6 Å². The Morgan fingerprint density at radius 1 is 1.21 bits per heavy atom. The fourth-order valence-corrected chi connectivity index (χ4v) is 4.03. The number of nitrogens with zero attached hydrogens (tertiary/aromatic N) is 3. The van der Waals surface area contributed by atoms with E-state index in [2.05, 4.69) is 10.1 Å². The van der Waals surface area contributed by atoms with Crippen LogP contribution < -0.4 is 4.74 Å². The lowest BCUT2D eigenvalue weighted by molar-refractivity contribution is 0.392. The fraction of sp³-hybridized carbons (Fsp3) is 0.250. The first-order chi connectivity index (χ1) is 11.4. The summed E-state index contributed by atoms with van der Waals surface area (Å²) in [4.78, 5) is 4.04. The van der Waals surface area contributed by atoms with Gasteiger partial charge in [0.15, 0.2) is 0 Å². The average Bonchev–Trinajstić information content (AvgIpc) is 3.18. The van der Waals surface area contributed by atoms with Crippen LogP contribution in [0, 0.1) is 13.8 Å². The van der Waals surface area contributed by atoms with Crippen molar-refractivity contribution < 1.29 is 17.7 Å². The third-order valence-electron chi connectivity index (χ3n) is 3.75. The van der Waals surface area contributed by atoms with Crippen molar-refractivity contribution in [2.24, 2.45) is 0 Å². The molecule has 3 aromatic rings. The molecule has 0 unspecified atom stereocenters. The summed E-state index contributed by atoms with van der Waals surface area (Å²) in [6, 6.07) is 7.07. The topological polar surface area (TPSA) is 87.2 Å². The van der Waals surface area contributed by atoms with Crippen molar-refractivity contribution in [3.63, 3.8) is 0 Å². The van der Waals surface area contributed by atoms with E-state index in [4.69, 9.17) is 9.26 Å². The summed E-state index contributed by atoms with van der Waals surface area (Å²) in [5, 5.41) is 3.78. The monoisotopic (exact) mass is 347 g/mol. The smallest absolute Gasteiger partial charge is 0.232 e. The molecule has 0 spiro atoms. The molecule has 0 bridgehead atoms. The summed E-state index contributed by atoms with van der Waals surface area (Å²) in [5.74, 6) is 0.985. The maximum atomic E-state index is 12.8. The summed E-state index contributed by atoms with van der Waals surface area (Å²) >= 11 is 0. The van der Waals surface area contributed by atoms with Crippen LogP contribution in [-0.2, 0) is 15.6 Å². The minimum absolute atomic E-state index is 0.0207. The summed E-state index contributed by atoms with van der Waals surface area (Å²) in [7, 11) is -2.08. The number of ether oxygens (including phenoxy) is 1. The highest BCUT2D eigenvalue weighted by Crippen LogP contribution is 2.23. The van der Waals surface area contributed by atoms with Crippen LogP contribution in [0.15, 0.2) is 46.3 Å². The molecule has 0 saturated carbocycles. The second-order valence-corrected chi connectivity index (χ2v) is 7.22. The first kappa shape index (κ1) is 16.3. The van der Waals surface area contributed by atoms with Gasteiger partial charge in [-0.05, 0) is 38.1 Å². The zero-order chi connectivity index (χ0) is 17.3. The van der Waals surface area contributed by atoms with Crippen LogP contribution in [0.4, 0.5) is 0 Å². The van der Waals surface area contributed by atoms with Gasteiger partial charge in [0.25, 0.3) is 0 Å².